The monoisotopic (exact) mass is 461 g/mol. The molecule has 1 aromatic carbocycles. The van der Waals surface area contributed by atoms with Gasteiger partial charge in [0.2, 0.25) is 5.95 Å². The van der Waals surface area contributed by atoms with E-state index in [1.165, 1.54) is 64.2 Å². The minimum Gasteiger partial charge on any atom is -0.457 e. The summed E-state index contributed by atoms with van der Waals surface area (Å²) in [6.45, 7) is 0. The molecule has 0 spiro atoms. The van der Waals surface area contributed by atoms with E-state index in [1.807, 2.05) is 12.1 Å². The molecule has 2 saturated carbocycles. The van der Waals surface area contributed by atoms with Crippen LogP contribution >= 0.6 is 0 Å². The summed E-state index contributed by atoms with van der Waals surface area (Å²) in [6, 6.07) is 10.6. The van der Waals surface area contributed by atoms with Crippen molar-refractivity contribution in [2.24, 2.45) is 7.05 Å². The molecule has 0 bridgehead atoms. The zero-order valence-electron chi connectivity index (χ0n) is 20.3. The quantitative estimate of drug-likeness (QED) is 0.518. The normalized spacial score (nSPS) is 17.6. The third kappa shape index (κ3) is 4.61. The van der Waals surface area contributed by atoms with E-state index in [-0.39, 0.29) is 5.91 Å². The van der Waals surface area contributed by atoms with Gasteiger partial charge in [-0.3, -0.25) is 9.78 Å². The zero-order chi connectivity index (χ0) is 23.5. The third-order valence-electron chi connectivity index (χ3n) is 7.42. The van der Waals surface area contributed by atoms with E-state index < -0.39 is 0 Å². The molecule has 0 atom stereocenters. The molecule has 34 heavy (non-hydrogen) atoms. The average molecular weight is 462 g/mol. The van der Waals surface area contributed by atoms with Crippen LogP contribution in [0, 0.1) is 0 Å². The summed E-state index contributed by atoms with van der Waals surface area (Å²) in [4.78, 5) is 23.9. The highest BCUT2D eigenvalue weighted by Crippen LogP contribution is 2.36. The number of rotatable bonds is 6. The predicted octanol–water partition coefficient (Wildman–Crippen LogP) is 5.59. The van der Waals surface area contributed by atoms with E-state index in [1.54, 1.807) is 25.4 Å². The summed E-state index contributed by atoms with van der Waals surface area (Å²) in [5.41, 5.74) is 2.38. The molecule has 0 saturated heterocycles. The molecule has 180 valence electrons. The van der Waals surface area contributed by atoms with Gasteiger partial charge in [-0.15, -0.1) is 0 Å². The van der Waals surface area contributed by atoms with Gasteiger partial charge in [0.1, 0.15) is 17.2 Å². The molecule has 1 amide bonds. The van der Waals surface area contributed by atoms with Crippen molar-refractivity contribution in [1.82, 2.24) is 19.9 Å². The van der Waals surface area contributed by atoms with Crippen LogP contribution in [-0.2, 0) is 7.05 Å². The van der Waals surface area contributed by atoms with E-state index in [4.69, 9.17) is 9.72 Å². The maximum absolute atomic E-state index is 11.9. The minimum absolute atomic E-state index is 0.235. The van der Waals surface area contributed by atoms with Crippen LogP contribution < -0.4 is 15.0 Å². The van der Waals surface area contributed by atoms with Crippen LogP contribution in [0.2, 0.25) is 0 Å². The van der Waals surface area contributed by atoms with Crippen LogP contribution in [0.4, 0.5) is 5.95 Å². The summed E-state index contributed by atoms with van der Waals surface area (Å²) in [5.74, 6) is 2.14. The number of anilines is 1. The van der Waals surface area contributed by atoms with E-state index in [0.717, 1.165) is 17.0 Å². The Morgan fingerprint density at radius 3 is 2.26 bits per heavy atom. The molecule has 2 aliphatic carbocycles. The second-order valence-corrected chi connectivity index (χ2v) is 9.67. The molecule has 0 radical (unpaired) electrons. The van der Waals surface area contributed by atoms with Gasteiger partial charge in [0, 0.05) is 44.5 Å². The van der Waals surface area contributed by atoms with Crippen LogP contribution in [0.5, 0.6) is 11.5 Å². The van der Waals surface area contributed by atoms with Crippen molar-refractivity contribution >= 4 is 22.9 Å². The summed E-state index contributed by atoms with van der Waals surface area (Å²) >= 11 is 0. The summed E-state index contributed by atoms with van der Waals surface area (Å²) < 4.78 is 8.34. The largest absolute Gasteiger partial charge is 0.457 e. The number of nitrogens with one attached hydrogen (secondary N) is 1. The standard InChI is InChI=1S/C27H35N5O2/c1-28-26(33)24-18-22(15-16-29-24)34-21-13-14-25-23(17-21)30-27(31(25)2)32(19-9-5-3-6-10-19)20-11-7-4-8-12-20/h13-20H,3-12H2,1-2H3,(H,28,33). The van der Waals surface area contributed by atoms with Crippen molar-refractivity contribution in [2.75, 3.05) is 11.9 Å². The topological polar surface area (TPSA) is 72.3 Å². The number of pyridine rings is 1. The van der Waals surface area contributed by atoms with Gasteiger partial charge < -0.3 is 19.5 Å². The van der Waals surface area contributed by atoms with Crippen molar-refractivity contribution in [1.29, 1.82) is 0 Å². The van der Waals surface area contributed by atoms with Crippen LogP contribution in [-0.4, -0.2) is 39.6 Å². The number of carbonyl (C=O) groups excluding carboxylic acids is 1. The van der Waals surface area contributed by atoms with Gasteiger partial charge in [0.05, 0.1) is 11.0 Å². The maximum Gasteiger partial charge on any atom is 0.269 e. The first-order valence-electron chi connectivity index (χ1n) is 12.7. The van der Waals surface area contributed by atoms with Gasteiger partial charge in [0.25, 0.3) is 5.91 Å². The summed E-state index contributed by atoms with van der Waals surface area (Å²) in [6.07, 6.45) is 14.6. The van der Waals surface area contributed by atoms with Gasteiger partial charge in [0.15, 0.2) is 0 Å². The summed E-state index contributed by atoms with van der Waals surface area (Å²) in [7, 11) is 3.73. The van der Waals surface area contributed by atoms with Crippen molar-refractivity contribution in [3.63, 3.8) is 0 Å². The fourth-order valence-electron chi connectivity index (χ4n) is 5.67. The van der Waals surface area contributed by atoms with E-state index in [2.05, 4.69) is 32.9 Å². The number of hydrogen-bond donors (Lipinski definition) is 1. The van der Waals surface area contributed by atoms with E-state index >= 15 is 0 Å². The molecule has 2 aromatic heterocycles. The van der Waals surface area contributed by atoms with E-state index in [0.29, 0.717) is 29.3 Å². The van der Waals surface area contributed by atoms with Crippen molar-refractivity contribution in [3.8, 4) is 11.5 Å². The molecule has 7 heteroatoms. The molecule has 0 aliphatic heterocycles. The lowest BCUT2D eigenvalue weighted by molar-refractivity contribution is 0.0958. The second-order valence-electron chi connectivity index (χ2n) is 9.67. The lowest BCUT2D eigenvalue weighted by Crippen LogP contribution is -2.46. The summed E-state index contributed by atoms with van der Waals surface area (Å²) in [5, 5.41) is 2.60. The highest BCUT2D eigenvalue weighted by Gasteiger charge is 2.32. The van der Waals surface area contributed by atoms with Crippen LogP contribution in [0.3, 0.4) is 0 Å². The molecule has 5 rings (SSSR count). The Balaban J connectivity index is 1.45. The second kappa shape index (κ2) is 10.0. The Labute approximate surface area is 201 Å². The zero-order valence-corrected chi connectivity index (χ0v) is 20.3. The van der Waals surface area contributed by atoms with Crippen LogP contribution in [0.15, 0.2) is 36.5 Å². The van der Waals surface area contributed by atoms with Gasteiger partial charge in [-0.05, 0) is 43.9 Å². The molecule has 2 aliphatic rings. The molecule has 0 unspecified atom stereocenters. The first kappa shape index (κ1) is 22.7. The Morgan fingerprint density at radius 2 is 1.62 bits per heavy atom. The van der Waals surface area contributed by atoms with Gasteiger partial charge >= 0.3 is 0 Å². The average Bonchev–Trinajstić information content (AvgIpc) is 3.20. The Bertz CT molecular complexity index is 1130. The van der Waals surface area contributed by atoms with Crippen molar-refractivity contribution < 1.29 is 9.53 Å². The number of fused-ring (bicyclic) bond motifs is 1. The number of hydrogen-bond acceptors (Lipinski definition) is 5. The fourth-order valence-corrected chi connectivity index (χ4v) is 5.67. The molecule has 3 aromatic rings. The Kier molecular flexibility index (Phi) is 6.70. The number of aryl methyl sites for hydroxylation is 1. The number of aromatic nitrogens is 3. The molecule has 2 fully saturated rings. The number of nitrogens with zero attached hydrogens (tertiary/aromatic N) is 4. The number of imidazole rings is 1. The van der Waals surface area contributed by atoms with Crippen LogP contribution in [0.1, 0.15) is 74.7 Å². The fraction of sp³-hybridized carbons (Fsp3) is 0.519. The third-order valence-corrected chi connectivity index (χ3v) is 7.42. The lowest BCUT2D eigenvalue weighted by atomic mass is 9.89. The predicted molar refractivity (Wildman–Crippen MR) is 135 cm³/mol. The number of ether oxygens (including phenoxy) is 1. The van der Waals surface area contributed by atoms with Crippen molar-refractivity contribution in [3.05, 3.63) is 42.2 Å². The SMILES string of the molecule is CNC(=O)c1cc(Oc2ccc3c(c2)nc(N(C2CCCCC2)C2CCCCC2)n3C)ccn1. The number of benzene rings is 1. The molecule has 2 heterocycles. The number of amides is 1. The first-order valence-corrected chi connectivity index (χ1v) is 12.7. The lowest BCUT2D eigenvalue weighted by Gasteiger charge is -2.42. The van der Waals surface area contributed by atoms with E-state index in [9.17, 15) is 4.79 Å². The Hall–Kier alpha value is -3.09. The van der Waals surface area contributed by atoms with Gasteiger partial charge in [-0.25, -0.2) is 4.98 Å². The highest BCUT2D eigenvalue weighted by molar-refractivity contribution is 5.92. The molecular weight excluding hydrogens is 426 g/mol. The molecule has 7 nitrogen and oxygen atoms in total. The smallest absolute Gasteiger partial charge is 0.269 e. The molecular formula is C27H35N5O2. The Morgan fingerprint density at radius 1 is 0.971 bits per heavy atom. The minimum atomic E-state index is -0.235. The van der Waals surface area contributed by atoms with Gasteiger partial charge in [-0.2, -0.15) is 0 Å². The number of carbonyl (C=O) groups is 1. The van der Waals surface area contributed by atoms with Gasteiger partial charge in [-0.1, -0.05) is 38.5 Å². The molecule has 1 N–H and O–H groups in total. The van der Waals surface area contributed by atoms with Crippen LogP contribution in [0.25, 0.3) is 11.0 Å². The first-order chi connectivity index (χ1) is 16.6. The maximum atomic E-state index is 11.9. The van der Waals surface area contributed by atoms with Crippen molar-refractivity contribution in [2.45, 2.75) is 76.3 Å². The highest BCUT2D eigenvalue weighted by atomic mass is 16.5.